The SMILES string of the molecule is CCOC(=O)c1cc(C(=O)CC)ccc1SC. The first-order valence-corrected chi connectivity index (χ1v) is 6.74. The maximum Gasteiger partial charge on any atom is 0.339 e. The quantitative estimate of drug-likeness (QED) is 0.458. The van der Waals surface area contributed by atoms with Crippen LogP contribution in [0, 0.1) is 0 Å². The number of hydrogen-bond acceptors (Lipinski definition) is 4. The van der Waals surface area contributed by atoms with Gasteiger partial charge in [-0.2, -0.15) is 0 Å². The van der Waals surface area contributed by atoms with Crippen molar-refractivity contribution >= 4 is 23.5 Å². The molecule has 0 aromatic heterocycles. The van der Waals surface area contributed by atoms with E-state index in [-0.39, 0.29) is 11.8 Å². The molecule has 0 radical (unpaired) electrons. The standard InChI is InChI=1S/C13H16O3S/c1-4-11(14)9-6-7-12(17-3)10(8-9)13(15)16-5-2/h6-8H,4-5H2,1-3H3. The molecular formula is C13H16O3S. The number of esters is 1. The average molecular weight is 252 g/mol. The minimum Gasteiger partial charge on any atom is -0.462 e. The lowest BCUT2D eigenvalue weighted by Crippen LogP contribution is -2.08. The second-order valence-electron chi connectivity index (χ2n) is 3.41. The van der Waals surface area contributed by atoms with E-state index in [9.17, 15) is 9.59 Å². The first-order chi connectivity index (χ1) is 8.13. The van der Waals surface area contributed by atoms with Crippen LogP contribution in [0.4, 0.5) is 0 Å². The number of carbonyl (C=O) groups excluding carboxylic acids is 2. The lowest BCUT2D eigenvalue weighted by Gasteiger charge is -2.08. The Balaban J connectivity index is 3.15. The number of benzene rings is 1. The van der Waals surface area contributed by atoms with Gasteiger partial charge in [0, 0.05) is 16.9 Å². The van der Waals surface area contributed by atoms with E-state index in [1.165, 1.54) is 11.8 Å². The first-order valence-electron chi connectivity index (χ1n) is 5.52. The van der Waals surface area contributed by atoms with Gasteiger partial charge in [-0.3, -0.25) is 4.79 Å². The smallest absolute Gasteiger partial charge is 0.339 e. The van der Waals surface area contributed by atoms with E-state index >= 15 is 0 Å². The molecule has 0 N–H and O–H groups in total. The summed E-state index contributed by atoms with van der Waals surface area (Å²) in [6, 6.07) is 5.16. The molecule has 0 aliphatic rings. The van der Waals surface area contributed by atoms with Gasteiger partial charge in [0.15, 0.2) is 5.78 Å². The van der Waals surface area contributed by atoms with E-state index in [0.717, 1.165) is 4.90 Å². The second kappa shape index (κ2) is 6.45. The monoisotopic (exact) mass is 252 g/mol. The minimum atomic E-state index is -0.373. The lowest BCUT2D eigenvalue weighted by atomic mass is 10.1. The third kappa shape index (κ3) is 3.33. The maximum absolute atomic E-state index is 11.7. The summed E-state index contributed by atoms with van der Waals surface area (Å²) < 4.78 is 4.98. The van der Waals surface area contributed by atoms with Crippen LogP contribution < -0.4 is 0 Å². The van der Waals surface area contributed by atoms with Gasteiger partial charge in [0.05, 0.1) is 12.2 Å². The Labute approximate surface area is 106 Å². The van der Waals surface area contributed by atoms with E-state index in [2.05, 4.69) is 0 Å². The fraction of sp³-hybridized carbons (Fsp3) is 0.385. The molecule has 0 aliphatic heterocycles. The zero-order chi connectivity index (χ0) is 12.8. The van der Waals surface area contributed by atoms with Gasteiger partial charge < -0.3 is 4.74 Å². The molecule has 0 heterocycles. The number of thioether (sulfide) groups is 1. The van der Waals surface area contributed by atoms with Crippen LogP contribution in [0.2, 0.25) is 0 Å². The third-order valence-corrected chi connectivity index (χ3v) is 3.13. The number of rotatable bonds is 5. The van der Waals surface area contributed by atoms with Gasteiger partial charge in [0.25, 0.3) is 0 Å². The Kier molecular flexibility index (Phi) is 5.22. The van der Waals surface area contributed by atoms with Crippen molar-refractivity contribution in [1.82, 2.24) is 0 Å². The van der Waals surface area contributed by atoms with E-state index in [4.69, 9.17) is 4.74 Å². The van der Waals surface area contributed by atoms with E-state index in [1.807, 2.05) is 6.26 Å². The number of carbonyl (C=O) groups is 2. The topological polar surface area (TPSA) is 43.4 Å². The summed E-state index contributed by atoms with van der Waals surface area (Å²) >= 11 is 1.47. The number of Topliss-reactive ketones (excluding diaryl/α,β-unsaturated/α-hetero) is 1. The summed E-state index contributed by atoms with van der Waals surface area (Å²) in [6.07, 6.45) is 2.32. The third-order valence-electron chi connectivity index (χ3n) is 2.34. The normalized spacial score (nSPS) is 10.1. The number of ether oxygens (including phenoxy) is 1. The molecule has 0 atom stereocenters. The Bertz CT molecular complexity index is 427. The Morgan fingerprint density at radius 1 is 1.29 bits per heavy atom. The van der Waals surface area contributed by atoms with Crippen LogP contribution in [0.5, 0.6) is 0 Å². The van der Waals surface area contributed by atoms with Crippen LogP contribution in [-0.2, 0) is 4.74 Å². The molecule has 0 bridgehead atoms. The highest BCUT2D eigenvalue weighted by Gasteiger charge is 2.14. The maximum atomic E-state index is 11.7. The fourth-order valence-electron chi connectivity index (χ4n) is 1.45. The van der Waals surface area contributed by atoms with Crippen molar-refractivity contribution < 1.29 is 14.3 Å². The van der Waals surface area contributed by atoms with Crippen molar-refractivity contribution in [3.8, 4) is 0 Å². The molecule has 0 unspecified atom stereocenters. The number of ketones is 1. The summed E-state index contributed by atoms with van der Waals surface area (Å²) in [4.78, 5) is 24.2. The second-order valence-corrected chi connectivity index (χ2v) is 4.26. The van der Waals surface area contributed by atoms with E-state index < -0.39 is 0 Å². The molecule has 92 valence electrons. The zero-order valence-electron chi connectivity index (χ0n) is 10.3. The molecule has 0 fully saturated rings. The fourth-order valence-corrected chi connectivity index (χ4v) is 2.02. The predicted octanol–water partition coefficient (Wildman–Crippen LogP) is 3.18. The molecule has 0 saturated carbocycles. The highest BCUT2D eigenvalue weighted by molar-refractivity contribution is 7.98. The van der Waals surface area contributed by atoms with Gasteiger partial charge in [-0.15, -0.1) is 11.8 Å². The summed E-state index contributed by atoms with van der Waals surface area (Å²) in [6.45, 7) is 3.89. The van der Waals surface area contributed by atoms with Gasteiger partial charge in [-0.05, 0) is 25.3 Å². The van der Waals surface area contributed by atoms with Crippen molar-refractivity contribution in [3.05, 3.63) is 29.3 Å². The average Bonchev–Trinajstić information content (AvgIpc) is 2.37. The largest absolute Gasteiger partial charge is 0.462 e. The first kappa shape index (κ1) is 13.8. The summed E-state index contributed by atoms with van der Waals surface area (Å²) in [5.74, 6) is -0.342. The van der Waals surface area contributed by atoms with Crippen LogP contribution in [0.1, 0.15) is 41.0 Å². The highest BCUT2D eigenvalue weighted by atomic mass is 32.2. The molecular weight excluding hydrogens is 236 g/mol. The van der Waals surface area contributed by atoms with Crippen LogP contribution in [0.25, 0.3) is 0 Å². The van der Waals surface area contributed by atoms with Crippen LogP contribution in [0.3, 0.4) is 0 Å². The summed E-state index contributed by atoms with van der Waals surface area (Å²) in [5, 5.41) is 0. The van der Waals surface area contributed by atoms with Crippen molar-refractivity contribution in [1.29, 1.82) is 0 Å². The van der Waals surface area contributed by atoms with Crippen molar-refractivity contribution in [2.45, 2.75) is 25.2 Å². The van der Waals surface area contributed by atoms with Crippen molar-refractivity contribution in [2.24, 2.45) is 0 Å². The van der Waals surface area contributed by atoms with E-state index in [0.29, 0.717) is 24.2 Å². The molecule has 4 heteroatoms. The summed E-state index contributed by atoms with van der Waals surface area (Å²) in [5.41, 5.74) is 1.03. The Hall–Kier alpha value is -1.29. The van der Waals surface area contributed by atoms with Crippen LogP contribution in [0.15, 0.2) is 23.1 Å². The zero-order valence-corrected chi connectivity index (χ0v) is 11.1. The van der Waals surface area contributed by atoms with Gasteiger partial charge >= 0.3 is 5.97 Å². The summed E-state index contributed by atoms with van der Waals surface area (Å²) in [7, 11) is 0. The van der Waals surface area contributed by atoms with Gasteiger partial charge in [-0.1, -0.05) is 13.0 Å². The molecule has 0 aliphatic carbocycles. The molecule has 0 spiro atoms. The van der Waals surface area contributed by atoms with Crippen molar-refractivity contribution in [2.75, 3.05) is 12.9 Å². The van der Waals surface area contributed by atoms with Crippen molar-refractivity contribution in [3.63, 3.8) is 0 Å². The highest BCUT2D eigenvalue weighted by Crippen LogP contribution is 2.23. The molecule has 0 amide bonds. The lowest BCUT2D eigenvalue weighted by molar-refractivity contribution is 0.0522. The minimum absolute atomic E-state index is 0.0307. The Morgan fingerprint density at radius 3 is 2.53 bits per heavy atom. The Morgan fingerprint density at radius 2 is 2.00 bits per heavy atom. The van der Waals surface area contributed by atoms with Crippen LogP contribution in [-0.4, -0.2) is 24.6 Å². The van der Waals surface area contributed by atoms with Gasteiger partial charge in [0.2, 0.25) is 0 Å². The van der Waals surface area contributed by atoms with Gasteiger partial charge in [0.1, 0.15) is 0 Å². The molecule has 0 saturated heterocycles. The predicted molar refractivity (Wildman–Crippen MR) is 68.8 cm³/mol. The molecule has 1 rings (SSSR count). The molecule has 17 heavy (non-hydrogen) atoms. The number of hydrogen-bond donors (Lipinski definition) is 0. The molecule has 1 aromatic carbocycles. The van der Waals surface area contributed by atoms with Crippen LogP contribution >= 0.6 is 11.8 Å². The molecule has 1 aromatic rings. The van der Waals surface area contributed by atoms with Gasteiger partial charge in [-0.25, -0.2) is 4.79 Å². The molecule has 3 nitrogen and oxygen atoms in total. The van der Waals surface area contributed by atoms with E-state index in [1.54, 1.807) is 32.0 Å².